The summed E-state index contributed by atoms with van der Waals surface area (Å²) >= 11 is 10.9. The predicted molar refractivity (Wildman–Crippen MR) is 275 cm³/mol. The molecule has 2 heterocycles. The summed E-state index contributed by atoms with van der Waals surface area (Å²) in [6, 6.07) is 81.0. The van der Waals surface area contributed by atoms with E-state index in [1.807, 2.05) is 22.7 Å². The molecule has 5 heteroatoms. The molecule has 0 aliphatic carbocycles. The van der Waals surface area contributed by atoms with Crippen LogP contribution in [0, 0.1) is 0 Å². The quantitative estimate of drug-likeness (QED) is 0.150. The highest BCUT2D eigenvalue weighted by atomic mass is 35.5. The third-order valence-corrected chi connectivity index (χ3v) is 14.6. The van der Waals surface area contributed by atoms with Gasteiger partial charge >= 0.3 is 0 Å². The molecule has 298 valence electrons. The average molecular weight is 862 g/mol. The fourth-order valence-corrected chi connectivity index (χ4v) is 11.8. The Kier molecular flexibility index (Phi) is 9.30. The summed E-state index contributed by atoms with van der Waals surface area (Å²) in [4.78, 5) is 4.82. The van der Waals surface area contributed by atoms with Crippen LogP contribution in [0.3, 0.4) is 0 Å². The number of anilines is 6. The summed E-state index contributed by atoms with van der Waals surface area (Å²) in [6.45, 7) is 0. The summed E-state index contributed by atoms with van der Waals surface area (Å²) in [5.74, 6) is 0. The summed E-state index contributed by atoms with van der Waals surface area (Å²) < 4.78 is 4.96. The fraction of sp³-hybridized carbons (Fsp3) is 0. The van der Waals surface area contributed by atoms with E-state index >= 15 is 0 Å². The second-order valence-electron chi connectivity index (χ2n) is 15.8. The molecule has 12 rings (SSSR count). The number of hydrogen-bond donors (Lipinski definition) is 0. The number of rotatable bonds is 8. The molecule has 0 fully saturated rings. The number of hydrogen-bond acceptors (Lipinski definition) is 4. The van der Waals surface area contributed by atoms with Crippen molar-refractivity contribution in [3.63, 3.8) is 0 Å². The second-order valence-corrected chi connectivity index (χ2v) is 18.4. The van der Waals surface area contributed by atoms with Crippen molar-refractivity contribution >= 4 is 120 Å². The van der Waals surface area contributed by atoms with E-state index in [1.165, 1.54) is 63.3 Å². The van der Waals surface area contributed by atoms with Crippen molar-refractivity contribution in [1.29, 1.82) is 0 Å². The number of fused-ring (bicyclic) bond motifs is 8. The molecule has 0 N–H and O–H groups in total. The van der Waals surface area contributed by atoms with E-state index in [9.17, 15) is 0 Å². The largest absolute Gasteiger partial charge is 0.310 e. The van der Waals surface area contributed by atoms with Crippen molar-refractivity contribution in [2.75, 3.05) is 9.80 Å². The zero-order valence-electron chi connectivity index (χ0n) is 34.0. The van der Waals surface area contributed by atoms with Gasteiger partial charge in [0.05, 0.1) is 11.4 Å². The lowest BCUT2D eigenvalue weighted by atomic mass is 10.00. The van der Waals surface area contributed by atoms with Crippen LogP contribution in [0.15, 0.2) is 224 Å². The maximum atomic E-state index is 7.19. The van der Waals surface area contributed by atoms with Crippen molar-refractivity contribution in [1.82, 2.24) is 0 Å². The Labute approximate surface area is 378 Å². The van der Waals surface area contributed by atoms with E-state index < -0.39 is 0 Å². The van der Waals surface area contributed by atoms with Gasteiger partial charge in [-0.3, -0.25) is 0 Å². The smallest absolute Gasteiger partial charge is 0.0569 e. The van der Waals surface area contributed by atoms with Gasteiger partial charge in [0.15, 0.2) is 0 Å². The van der Waals surface area contributed by atoms with Gasteiger partial charge in [-0.15, -0.1) is 22.7 Å². The Morgan fingerprint density at radius 1 is 0.302 bits per heavy atom. The van der Waals surface area contributed by atoms with E-state index in [4.69, 9.17) is 11.6 Å². The number of halogens is 1. The number of thiophene rings is 2. The molecule has 10 aromatic carbocycles. The molecule has 2 aromatic heterocycles. The van der Waals surface area contributed by atoms with Crippen LogP contribution < -0.4 is 9.80 Å². The lowest BCUT2D eigenvalue weighted by Gasteiger charge is -2.28. The molecule has 0 radical (unpaired) electrons. The van der Waals surface area contributed by atoms with Crippen molar-refractivity contribution < 1.29 is 0 Å². The monoisotopic (exact) mass is 860 g/mol. The second kappa shape index (κ2) is 15.6. The SMILES string of the molecule is Clc1cc(N(c2ccc(-c3ccccc3)cc2)c2ccc(-c3ccccc3)cc2)c2c(c1)sc1c3ccccc3c(N(c3ccccc3)c3ccc4sc5ccccc5c4c3)cc12. The minimum Gasteiger partial charge on any atom is -0.310 e. The van der Waals surface area contributed by atoms with Gasteiger partial charge < -0.3 is 9.80 Å². The van der Waals surface area contributed by atoms with Crippen LogP contribution in [-0.4, -0.2) is 0 Å². The van der Waals surface area contributed by atoms with Gasteiger partial charge in [0.2, 0.25) is 0 Å². The Morgan fingerprint density at radius 3 is 1.44 bits per heavy atom. The first kappa shape index (κ1) is 37.5. The molecule has 0 aliphatic rings. The third kappa shape index (κ3) is 6.63. The van der Waals surface area contributed by atoms with Crippen molar-refractivity contribution in [2.24, 2.45) is 0 Å². The van der Waals surface area contributed by atoms with E-state index in [1.54, 1.807) is 0 Å². The van der Waals surface area contributed by atoms with E-state index in [2.05, 4.69) is 234 Å². The molecule has 0 amide bonds. The van der Waals surface area contributed by atoms with Crippen LogP contribution in [0.25, 0.3) is 73.4 Å². The number of nitrogens with zero attached hydrogens (tertiary/aromatic N) is 2. The molecular weight excluding hydrogens is 824 g/mol. The first-order valence-corrected chi connectivity index (χ1v) is 23.1. The molecule has 0 atom stereocenters. The van der Waals surface area contributed by atoms with E-state index in [0.717, 1.165) is 44.2 Å². The topological polar surface area (TPSA) is 6.48 Å². The van der Waals surface area contributed by atoms with Gasteiger partial charge in [-0.2, -0.15) is 0 Å². The van der Waals surface area contributed by atoms with Crippen LogP contribution in [0.1, 0.15) is 0 Å². The summed E-state index contributed by atoms with van der Waals surface area (Å²) in [5.41, 5.74) is 11.2. The summed E-state index contributed by atoms with van der Waals surface area (Å²) in [7, 11) is 0. The van der Waals surface area contributed by atoms with Crippen molar-refractivity contribution in [3.8, 4) is 22.3 Å². The van der Waals surface area contributed by atoms with Crippen LogP contribution in [0.2, 0.25) is 5.02 Å². The molecule has 63 heavy (non-hydrogen) atoms. The molecule has 0 spiro atoms. The number of para-hydroxylation sites is 1. The Hall–Kier alpha value is -7.21. The summed E-state index contributed by atoms with van der Waals surface area (Å²) in [5, 5.41) is 8.00. The predicted octanol–water partition coefficient (Wildman–Crippen LogP) is 18.5. The van der Waals surface area contributed by atoms with Crippen LogP contribution in [0.5, 0.6) is 0 Å². The highest BCUT2D eigenvalue weighted by Crippen LogP contribution is 2.52. The van der Waals surface area contributed by atoms with Crippen molar-refractivity contribution in [2.45, 2.75) is 0 Å². The van der Waals surface area contributed by atoms with E-state index in [-0.39, 0.29) is 0 Å². The van der Waals surface area contributed by atoms with Crippen molar-refractivity contribution in [3.05, 3.63) is 229 Å². The summed E-state index contributed by atoms with van der Waals surface area (Å²) in [6.07, 6.45) is 0. The van der Waals surface area contributed by atoms with Gasteiger partial charge in [0.25, 0.3) is 0 Å². The molecule has 0 bridgehead atoms. The Balaban J connectivity index is 1.11. The van der Waals surface area contributed by atoms with Gasteiger partial charge in [0, 0.05) is 78.9 Å². The molecule has 0 saturated heterocycles. The lowest BCUT2D eigenvalue weighted by molar-refractivity contribution is 1.30. The molecule has 12 aromatic rings. The Morgan fingerprint density at radius 2 is 0.794 bits per heavy atom. The number of benzene rings is 10. The van der Waals surface area contributed by atoms with Gasteiger partial charge in [0.1, 0.15) is 0 Å². The molecular formula is C58H37ClN2S2. The first-order chi connectivity index (χ1) is 31.1. The van der Waals surface area contributed by atoms with Gasteiger partial charge in [-0.1, -0.05) is 157 Å². The highest BCUT2D eigenvalue weighted by Gasteiger charge is 2.24. The highest BCUT2D eigenvalue weighted by molar-refractivity contribution is 7.27. The van der Waals surface area contributed by atoms with E-state index in [0.29, 0.717) is 5.02 Å². The van der Waals surface area contributed by atoms with Crippen LogP contribution in [-0.2, 0) is 0 Å². The fourth-order valence-electron chi connectivity index (χ4n) is 9.17. The maximum Gasteiger partial charge on any atom is 0.0569 e. The van der Waals surface area contributed by atoms with Crippen LogP contribution >= 0.6 is 34.3 Å². The zero-order chi connectivity index (χ0) is 41.9. The zero-order valence-corrected chi connectivity index (χ0v) is 36.3. The first-order valence-electron chi connectivity index (χ1n) is 21.1. The maximum absolute atomic E-state index is 7.19. The average Bonchev–Trinajstić information content (AvgIpc) is 3.91. The molecule has 0 unspecified atom stereocenters. The van der Waals surface area contributed by atoms with Crippen LogP contribution in [0.4, 0.5) is 34.1 Å². The molecule has 0 aliphatic heterocycles. The molecule has 0 saturated carbocycles. The normalized spacial score (nSPS) is 11.6. The minimum atomic E-state index is 0.697. The lowest BCUT2D eigenvalue weighted by Crippen LogP contribution is -2.11. The standard InChI is InChI=1S/C58H37ClN2S2/c59-42-34-53(60(44-28-24-40(25-29-44)38-14-4-1-5-15-38)45-30-26-41(27-31-45)39-16-6-2-7-17-39)57-51-37-52(47-20-10-11-22-49(47)58(51)63-56(57)35-42)61(43-18-8-3-9-19-43)46-32-33-55-50(36-46)48-21-12-13-23-54(48)62-55/h1-37H. The minimum absolute atomic E-state index is 0.697. The third-order valence-electron chi connectivity index (χ3n) is 12.1. The van der Waals surface area contributed by atoms with Gasteiger partial charge in [-0.25, -0.2) is 0 Å². The van der Waals surface area contributed by atoms with Gasteiger partial charge in [-0.05, 0) is 101 Å². The Bertz CT molecular complexity index is 3540. The molecule has 2 nitrogen and oxygen atoms in total.